The van der Waals surface area contributed by atoms with Gasteiger partial charge < -0.3 is 11.1 Å². The Morgan fingerprint density at radius 1 is 1.52 bits per heavy atom. The van der Waals surface area contributed by atoms with Gasteiger partial charge in [-0.1, -0.05) is 6.92 Å². The molecule has 0 saturated heterocycles. The Morgan fingerprint density at radius 2 is 2.30 bits per heavy atom. The van der Waals surface area contributed by atoms with Gasteiger partial charge in [-0.3, -0.25) is 19.0 Å². The number of fused-ring (bicyclic) bond motifs is 3. The molecule has 8 heteroatoms. The molecule has 2 aromatic heterocycles. The van der Waals surface area contributed by atoms with E-state index in [1.54, 1.807) is 11.3 Å². The molecule has 2 aromatic rings. The van der Waals surface area contributed by atoms with Gasteiger partial charge in [-0.05, 0) is 30.7 Å². The van der Waals surface area contributed by atoms with E-state index in [1.807, 2.05) is 0 Å². The molecule has 1 atom stereocenters. The third-order valence-electron chi connectivity index (χ3n) is 4.06. The standard InChI is InChI=1S/C15H18N4O3S/c1-8-2-3-9-10(4-8)23-14-13(9)15(22)19(7-18-14)6-12(21)17-5-11(16)20/h7-8H,2-6H2,1H3,(H2,16,20)(H,17,21)/t8-/m1/s1. The van der Waals surface area contributed by atoms with Crippen LogP contribution in [0.1, 0.15) is 23.8 Å². The van der Waals surface area contributed by atoms with E-state index in [1.165, 1.54) is 15.8 Å². The van der Waals surface area contributed by atoms with Crippen LogP contribution in [0.25, 0.3) is 10.2 Å². The van der Waals surface area contributed by atoms with Crippen molar-refractivity contribution in [1.82, 2.24) is 14.9 Å². The molecule has 1 aliphatic rings. The second kappa shape index (κ2) is 6.11. The monoisotopic (exact) mass is 334 g/mol. The number of aromatic nitrogens is 2. The highest BCUT2D eigenvalue weighted by atomic mass is 32.1. The van der Waals surface area contributed by atoms with Crippen LogP contribution in [0, 0.1) is 5.92 Å². The van der Waals surface area contributed by atoms with E-state index in [-0.39, 0.29) is 18.6 Å². The van der Waals surface area contributed by atoms with Crippen LogP contribution in [0.15, 0.2) is 11.1 Å². The van der Waals surface area contributed by atoms with Crippen molar-refractivity contribution in [2.45, 2.75) is 32.7 Å². The number of aryl methyl sites for hydroxylation is 1. The molecule has 0 saturated carbocycles. The van der Waals surface area contributed by atoms with Crippen LogP contribution in [0.5, 0.6) is 0 Å². The van der Waals surface area contributed by atoms with Crippen molar-refractivity contribution in [3.63, 3.8) is 0 Å². The van der Waals surface area contributed by atoms with Crippen LogP contribution >= 0.6 is 11.3 Å². The molecule has 0 spiro atoms. The molecular formula is C15H18N4O3S. The van der Waals surface area contributed by atoms with Crippen LogP contribution in [-0.2, 0) is 29.0 Å². The predicted molar refractivity (Wildman–Crippen MR) is 87.3 cm³/mol. The lowest BCUT2D eigenvalue weighted by Gasteiger charge is -2.17. The molecule has 0 fully saturated rings. The summed E-state index contributed by atoms with van der Waals surface area (Å²) >= 11 is 1.57. The predicted octanol–water partition coefficient (Wildman–Crippen LogP) is 0.184. The lowest BCUT2D eigenvalue weighted by atomic mass is 9.89. The van der Waals surface area contributed by atoms with Gasteiger partial charge in [0.1, 0.15) is 11.4 Å². The normalized spacial score (nSPS) is 17.0. The maximum absolute atomic E-state index is 12.7. The van der Waals surface area contributed by atoms with Gasteiger partial charge >= 0.3 is 0 Å². The molecule has 0 unspecified atom stereocenters. The number of nitrogens with one attached hydrogen (secondary N) is 1. The Morgan fingerprint density at radius 3 is 3.04 bits per heavy atom. The second-order valence-electron chi connectivity index (χ2n) is 5.95. The zero-order chi connectivity index (χ0) is 16.6. The highest BCUT2D eigenvalue weighted by Crippen LogP contribution is 2.35. The molecule has 0 aromatic carbocycles. The number of thiophene rings is 1. The van der Waals surface area contributed by atoms with Crippen molar-refractivity contribution in [3.05, 3.63) is 27.1 Å². The number of hydrogen-bond acceptors (Lipinski definition) is 5. The van der Waals surface area contributed by atoms with Gasteiger partial charge in [0.2, 0.25) is 11.8 Å². The van der Waals surface area contributed by atoms with Crippen molar-refractivity contribution in [2.24, 2.45) is 11.7 Å². The third-order valence-corrected chi connectivity index (χ3v) is 5.22. The summed E-state index contributed by atoms with van der Waals surface area (Å²) in [5.74, 6) is -0.442. The van der Waals surface area contributed by atoms with E-state index in [2.05, 4.69) is 17.2 Å². The largest absolute Gasteiger partial charge is 0.368 e. The minimum Gasteiger partial charge on any atom is -0.368 e. The molecule has 1 aliphatic carbocycles. The quantitative estimate of drug-likeness (QED) is 0.832. The SMILES string of the molecule is C[C@@H]1CCc2c(sc3ncn(CC(=O)NCC(N)=O)c(=O)c23)C1. The Bertz CT molecular complexity index is 839. The zero-order valence-corrected chi connectivity index (χ0v) is 13.6. The summed E-state index contributed by atoms with van der Waals surface area (Å²) in [6.45, 7) is 1.80. The van der Waals surface area contributed by atoms with E-state index < -0.39 is 11.8 Å². The Labute approximate surface area is 136 Å². The fraction of sp³-hybridized carbons (Fsp3) is 0.467. The first-order valence-corrected chi connectivity index (χ1v) is 8.32. The number of nitrogens with two attached hydrogens (primary N) is 1. The number of carbonyl (C=O) groups is 2. The topological polar surface area (TPSA) is 107 Å². The van der Waals surface area contributed by atoms with Gasteiger partial charge in [0, 0.05) is 4.88 Å². The van der Waals surface area contributed by atoms with Gasteiger partial charge in [-0.25, -0.2) is 4.98 Å². The Balaban J connectivity index is 1.91. The van der Waals surface area contributed by atoms with Gasteiger partial charge in [0.05, 0.1) is 18.3 Å². The second-order valence-corrected chi connectivity index (χ2v) is 7.04. The first-order chi connectivity index (χ1) is 11.0. The molecule has 0 radical (unpaired) electrons. The summed E-state index contributed by atoms with van der Waals surface area (Å²) in [4.78, 5) is 41.4. The first kappa shape index (κ1) is 15.7. The molecule has 0 aliphatic heterocycles. The summed E-state index contributed by atoms with van der Waals surface area (Å²) in [5, 5.41) is 3.01. The van der Waals surface area contributed by atoms with E-state index in [0.717, 1.165) is 29.7 Å². The minimum atomic E-state index is -0.625. The fourth-order valence-corrected chi connectivity index (χ4v) is 4.22. The molecule has 2 amide bonds. The summed E-state index contributed by atoms with van der Waals surface area (Å²) in [6, 6.07) is 0. The number of nitrogens with zero attached hydrogens (tertiary/aromatic N) is 2. The summed E-state index contributed by atoms with van der Waals surface area (Å²) < 4.78 is 1.28. The highest BCUT2D eigenvalue weighted by Gasteiger charge is 2.23. The first-order valence-electron chi connectivity index (χ1n) is 7.50. The van der Waals surface area contributed by atoms with Crippen LogP contribution < -0.4 is 16.6 Å². The number of carbonyl (C=O) groups excluding carboxylic acids is 2. The maximum atomic E-state index is 12.7. The molecular weight excluding hydrogens is 316 g/mol. The molecule has 122 valence electrons. The summed E-state index contributed by atoms with van der Waals surface area (Å²) in [5.41, 5.74) is 5.87. The van der Waals surface area contributed by atoms with E-state index in [9.17, 15) is 14.4 Å². The van der Waals surface area contributed by atoms with Crippen molar-refractivity contribution in [2.75, 3.05) is 6.54 Å². The highest BCUT2D eigenvalue weighted by molar-refractivity contribution is 7.18. The molecule has 0 bridgehead atoms. The maximum Gasteiger partial charge on any atom is 0.262 e. The summed E-state index contributed by atoms with van der Waals surface area (Å²) in [6.07, 6.45) is 4.31. The number of hydrogen-bond donors (Lipinski definition) is 2. The fourth-order valence-electron chi connectivity index (χ4n) is 2.87. The third kappa shape index (κ3) is 3.12. The van der Waals surface area contributed by atoms with Crippen molar-refractivity contribution >= 4 is 33.4 Å². The van der Waals surface area contributed by atoms with E-state index in [0.29, 0.717) is 11.3 Å². The van der Waals surface area contributed by atoms with Crippen molar-refractivity contribution < 1.29 is 9.59 Å². The molecule has 7 nitrogen and oxygen atoms in total. The van der Waals surface area contributed by atoms with Gasteiger partial charge in [-0.15, -0.1) is 11.3 Å². The van der Waals surface area contributed by atoms with E-state index in [4.69, 9.17) is 5.73 Å². The summed E-state index contributed by atoms with van der Waals surface area (Å²) in [7, 11) is 0. The van der Waals surface area contributed by atoms with Gasteiger partial charge in [0.15, 0.2) is 0 Å². The number of rotatable bonds is 4. The molecule has 3 rings (SSSR count). The smallest absolute Gasteiger partial charge is 0.262 e. The van der Waals surface area contributed by atoms with Crippen LogP contribution in [0.2, 0.25) is 0 Å². The Kier molecular flexibility index (Phi) is 4.16. The Hall–Kier alpha value is -2.22. The van der Waals surface area contributed by atoms with Crippen LogP contribution in [0.3, 0.4) is 0 Å². The zero-order valence-electron chi connectivity index (χ0n) is 12.8. The minimum absolute atomic E-state index is 0.171. The molecule has 23 heavy (non-hydrogen) atoms. The lowest BCUT2D eigenvalue weighted by molar-refractivity contribution is -0.125. The van der Waals surface area contributed by atoms with Crippen molar-refractivity contribution in [3.8, 4) is 0 Å². The molecule has 2 heterocycles. The van der Waals surface area contributed by atoms with Gasteiger partial charge in [0.25, 0.3) is 5.56 Å². The average molecular weight is 334 g/mol. The van der Waals surface area contributed by atoms with Crippen LogP contribution in [0.4, 0.5) is 0 Å². The average Bonchev–Trinajstić information content (AvgIpc) is 2.86. The number of amides is 2. The number of primary amides is 1. The lowest BCUT2D eigenvalue weighted by Crippen LogP contribution is -2.37. The van der Waals surface area contributed by atoms with Crippen LogP contribution in [-0.4, -0.2) is 27.9 Å². The van der Waals surface area contributed by atoms with Crippen molar-refractivity contribution in [1.29, 1.82) is 0 Å². The molecule has 3 N–H and O–H groups in total. The van der Waals surface area contributed by atoms with Gasteiger partial charge in [-0.2, -0.15) is 0 Å². The van der Waals surface area contributed by atoms with E-state index >= 15 is 0 Å².